The maximum Gasteiger partial charge on any atom is 0.264 e. The number of rotatable bonds is 4. The largest absolute Gasteiger partial charge is 0.268 e. The Morgan fingerprint density at radius 1 is 1.22 bits per heavy atom. The summed E-state index contributed by atoms with van der Waals surface area (Å²) in [5.74, 6) is 0.365. The molecular formula is C21H25N5O. The first-order valence-corrected chi connectivity index (χ1v) is 9.60. The smallest absolute Gasteiger partial charge is 0.264 e. The van der Waals surface area contributed by atoms with E-state index in [1.807, 2.05) is 42.8 Å². The van der Waals surface area contributed by atoms with Gasteiger partial charge in [-0.25, -0.2) is 9.67 Å². The van der Waals surface area contributed by atoms with Crippen LogP contribution in [0.2, 0.25) is 0 Å². The van der Waals surface area contributed by atoms with Crippen LogP contribution in [0.15, 0.2) is 41.7 Å². The highest BCUT2D eigenvalue weighted by Gasteiger charge is 2.28. The molecule has 0 N–H and O–H groups in total. The Hall–Kier alpha value is -2.76. The normalized spacial score (nSPS) is 15.3. The van der Waals surface area contributed by atoms with Crippen molar-refractivity contribution in [3.05, 3.63) is 53.4 Å². The van der Waals surface area contributed by atoms with Crippen LogP contribution in [0.3, 0.4) is 0 Å². The van der Waals surface area contributed by atoms with Gasteiger partial charge in [0.05, 0.1) is 17.1 Å². The molecule has 0 radical (unpaired) electrons. The molecule has 3 heterocycles. The summed E-state index contributed by atoms with van der Waals surface area (Å²) >= 11 is 0. The van der Waals surface area contributed by atoms with Crippen LogP contribution in [0.1, 0.15) is 68.5 Å². The van der Waals surface area contributed by atoms with Gasteiger partial charge in [-0.15, -0.1) is 0 Å². The van der Waals surface area contributed by atoms with Gasteiger partial charge in [0.1, 0.15) is 5.49 Å². The molecule has 1 fully saturated rings. The zero-order chi connectivity index (χ0) is 19.1. The molecule has 0 aromatic carbocycles. The second-order valence-electron chi connectivity index (χ2n) is 7.75. The van der Waals surface area contributed by atoms with Crippen LogP contribution in [0.4, 0.5) is 0 Å². The van der Waals surface area contributed by atoms with E-state index >= 15 is 0 Å². The average molecular weight is 363 g/mol. The van der Waals surface area contributed by atoms with Crippen LogP contribution >= 0.6 is 0 Å². The maximum absolute atomic E-state index is 13.5. The fraction of sp³-hybridized carbons (Fsp3) is 0.429. The van der Waals surface area contributed by atoms with Gasteiger partial charge in [-0.05, 0) is 58.7 Å². The molecule has 3 aromatic heterocycles. The van der Waals surface area contributed by atoms with E-state index < -0.39 is 0 Å². The third-order valence-electron chi connectivity index (χ3n) is 4.75. The van der Waals surface area contributed by atoms with Gasteiger partial charge in [-0.1, -0.05) is 6.07 Å². The summed E-state index contributed by atoms with van der Waals surface area (Å²) in [6.45, 7) is 8.16. The minimum Gasteiger partial charge on any atom is -0.268 e. The van der Waals surface area contributed by atoms with Crippen molar-refractivity contribution >= 4 is 16.9 Å². The molecule has 140 valence electrons. The zero-order valence-electron chi connectivity index (χ0n) is 16.3. The van der Waals surface area contributed by atoms with E-state index in [0.29, 0.717) is 17.0 Å². The Balaban J connectivity index is 1.93. The van der Waals surface area contributed by atoms with E-state index in [0.717, 1.165) is 29.6 Å². The van der Waals surface area contributed by atoms with Crippen molar-refractivity contribution in [3.63, 3.8) is 0 Å². The molecule has 6 heteroatoms. The second kappa shape index (κ2) is 6.76. The highest BCUT2D eigenvalue weighted by Crippen LogP contribution is 2.40. The molecule has 1 saturated carbocycles. The second-order valence-corrected chi connectivity index (χ2v) is 7.75. The molecule has 0 aliphatic heterocycles. The number of pyridine rings is 2. The molecule has 4 rings (SSSR count). The lowest BCUT2D eigenvalue weighted by Crippen LogP contribution is -2.28. The summed E-state index contributed by atoms with van der Waals surface area (Å²) in [6.07, 6.45) is 5.80. The third kappa shape index (κ3) is 3.31. The predicted molar refractivity (Wildman–Crippen MR) is 105 cm³/mol. The number of hydrogen-bond acceptors (Lipinski definition) is 4. The molecule has 0 amide bonds. The quantitative estimate of drug-likeness (QED) is 0.710. The summed E-state index contributed by atoms with van der Waals surface area (Å²) in [6, 6.07) is 7.87. The zero-order valence-corrected chi connectivity index (χ0v) is 16.3. The molecule has 0 bridgehead atoms. The van der Waals surface area contributed by atoms with Gasteiger partial charge >= 0.3 is 0 Å². The Morgan fingerprint density at radius 2 is 2.00 bits per heavy atom. The summed E-state index contributed by atoms with van der Waals surface area (Å²) in [5, 5.41) is 5.29. The van der Waals surface area contributed by atoms with E-state index in [-0.39, 0.29) is 18.0 Å². The molecular weight excluding hydrogens is 338 g/mol. The monoisotopic (exact) mass is 363 g/mol. The maximum atomic E-state index is 13.5. The molecule has 27 heavy (non-hydrogen) atoms. The molecule has 0 spiro atoms. The summed E-state index contributed by atoms with van der Waals surface area (Å²) in [4.78, 5) is 22.9. The average Bonchev–Trinajstić information content (AvgIpc) is 3.39. The fourth-order valence-corrected chi connectivity index (χ4v) is 3.29. The van der Waals surface area contributed by atoms with Crippen molar-refractivity contribution in [2.24, 2.45) is 4.99 Å². The van der Waals surface area contributed by atoms with Crippen molar-refractivity contribution in [1.82, 2.24) is 19.3 Å². The lowest BCUT2D eigenvalue weighted by molar-refractivity contribution is 0.0956. The number of nitrogens with zero attached hydrogens (tertiary/aromatic N) is 5. The first-order chi connectivity index (χ1) is 13.0. The van der Waals surface area contributed by atoms with Crippen LogP contribution in [-0.4, -0.2) is 31.3 Å². The van der Waals surface area contributed by atoms with Crippen LogP contribution in [0, 0.1) is 0 Å². The standard InChI is InChI=1S/C21H25N5O/c1-13(2)23-19-7-5-6-10-25(19)21(27)16-11-18(15-8-9-15)24-20-17(16)12-22-26(20)14(3)4/h5-7,10-15H,8-9H2,1-4H3. The molecule has 1 aliphatic rings. The van der Waals surface area contributed by atoms with Gasteiger partial charge in [0.15, 0.2) is 5.65 Å². The minimum atomic E-state index is -0.0902. The van der Waals surface area contributed by atoms with E-state index in [1.54, 1.807) is 17.0 Å². The summed E-state index contributed by atoms with van der Waals surface area (Å²) < 4.78 is 3.52. The Labute approximate surface area is 158 Å². The molecule has 0 unspecified atom stereocenters. The van der Waals surface area contributed by atoms with Crippen LogP contribution < -0.4 is 5.49 Å². The van der Waals surface area contributed by atoms with Gasteiger partial charge in [0.25, 0.3) is 5.91 Å². The van der Waals surface area contributed by atoms with Crippen molar-refractivity contribution < 1.29 is 4.79 Å². The molecule has 0 atom stereocenters. The van der Waals surface area contributed by atoms with Gasteiger partial charge in [-0.3, -0.25) is 14.4 Å². The summed E-state index contributed by atoms with van der Waals surface area (Å²) in [7, 11) is 0. The highest BCUT2D eigenvalue weighted by atomic mass is 16.2. The van der Waals surface area contributed by atoms with Crippen molar-refractivity contribution in [2.45, 2.75) is 58.5 Å². The first kappa shape index (κ1) is 17.6. The van der Waals surface area contributed by atoms with Crippen LogP contribution in [0.5, 0.6) is 0 Å². The molecule has 1 aliphatic carbocycles. The van der Waals surface area contributed by atoms with E-state index in [9.17, 15) is 4.79 Å². The van der Waals surface area contributed by atoms with E-state index in [2.05, 4.69) is 23.9 Å². The van der Waals surface area contributed by atoms with E-state index in [4.69, 9.17) is 4.98 Å². The lowest BCUT2D eigenvalue weighted by atomic mass is 10.1. The number of aromatic nitrogens is 4. The number of hydrogen-bond donors (Lipinski definition) is 0. The predicted octanol–water partition coefficient (Wildman–Crippen LogP) is 3.69. The lowest BCUT2D eigenvalue weighted by Gasteiger charge is -2.11. The van der Waals surface area contributed by atoms with Gasteiger partial charge < -0.3 is 0 Å². The topological polar surface area (TPSA) is 65.1 Å². The van der Waals surface area contributed by atoms with Crippen molar-refractivity contribution in [1.29, 1.82) is 0 Å². The SMILES string of the molecule is CC(C)N=c1ccccn1C(=O)c1cc(C2CC2)nc2c1cnn2C(C)C. The molecule has 0 saturated heterocycles. The summed E-state index contributed by atoms with van der Waals surface area (Å²) in [5.41, 5.74) is 3.08. The first-order valence-electron chi connectivity index (χ1n) is 9.60. The third-order valence-corrected chi connectivity index (χ3v) is 4.75. The Bertz CT molecular complexity index is 1070. The van der Waals surface area contributed by atoms with Crippen molar-refractivity contribution in [3.8, 4) is 0 Å². The Kier molecular flexibility index (Phi) is 4.42. The molecule has 6 nitrogen and oxygen atoms in total. The Morgan fingerprint density at radius 3 is 2.67 bits per heavy atom. The molecule has 3 aromatic rings. The van der Waals surface area contributed by atoms with E-state index in [1.165, 1.54) is 0 Å². The minimum absolute atomic E-state index is 0.0902. The van der Waals surface area contributed by atoms with Crippen LogP contribution in [0.25, 0.3) is 11.0 Å². The van der Waals surface area contributed by atoms with Gasteiger partial charge in [-0.2, -0.15) is 5.10 Å². The van der Waals surface area contributed by atoms with Gasteiger partial charge in [0, 0.05) is 29.9 Å². The van der Waals surface area contributed by atoms with Crippen molar-refractivity contribution in [2.75, 3.05) is 0 Å². The fourth-order valence-electron chi connectivity index (χ4n) is 3.29. The number of fused-ring (bicyclic) bond motifs is 1. The van der Waals surface area contributed by atoms with Crippen LogP contribution in [-0.2, 0) is 0 Å². The highest BCUT2D eigenvalue weighted by molar-refractivity contribution is 6.06. The number of carbonyl (C=O) groups is 1. The number of carbonyl (C=O) groups excluding carboxylic acids is 1. The van der Waals surface area contributed by atoms with Gasteiger partial charge in [0.2, 0.25) is 0 Å².